The zero-order valence-corrected chi connectivity index (χ0v) is 8.68. The molecular weight excluding hydrogens is 177 g/mol. The fourth-order valence-electron chi connectivity index (χ4n) is 2.20. The van der Waals surface area contributed by atoms with E-state index in [1.54, 1.807) is 12.1 Å². The van der Waals surface area contributed by atoms with Gasteiger partial charge in [0.15, 0.2) is 0 Å². The van der Waals surface area contributed by atoms with Crippen molar-refractivity contribution in [3.8, 4) is 0 Å². The third-order valence-corrected chi connectivity index (χ3v) is 2.98. The van der Waals surface area contributed by atoms with Crippen molar-refractivity contribution in [3.63, 3.8) is 0 Å². The number of halogens is 1. The van der Waals surface area contributed by atoms with Gasteiger partial charge < -0.3 is 5.32 Å². The lowest BCUT2D eigenvalue weighted by molar-refractivity contribution is 0.578. The monoisotopic (exact) mass is 193 g/mol. The summed E-state index contributed by atoms with van der Waals surface area (Å²) < 4.78 is 12.9. The molecule has 1 aliphatic heterocycles. The van der Waals surface area contributed by atoms with Gasteiger partial charge in [0.05, 0.1) is 0 Å². The van der Waals surface area contributed by atoms with Crippen molar-refractivity contribution >= 4 is 0 Å². The van der Waals surface area contributed by atoms with Crippen molar-refractivity contribution in [2.24, 2.45) is 0 Å². The van der Waals surface area contributed by atoms with Crippen LogP contribution in [0.1, 0.15) is 36.9 Å². The molecule has 0 aromatic heterocycles. The molecule has 2 rings (SSSR count). The van der Waals surface area contributed by atoms with Crippen LogP contribution in [-0.4, -0.2) is 6.04 Å². The molecule has 2 heteroatoms. The minimum Gasteiger partial charge on any atom is -0.307 e. The maximum atomic E-state index is 12.9. The van der Waals surface area contributed by atoms with Crippen LogP contribution in [0.25, 0.3) is 0 Å². The third-order valence-electron chi connectivity index (χ3n) is 2.98. The molecular formula is C12H16FN. The van der Waals surface area contributed by atoms with Crippen molar-refractivity contribution in [1.82, 2.24) is 5.32 Å². The van der Waals surface area contributed by atoms with Crippen LogP contribution >= 0.6 is 0 Å². The van der Waals surface area contributed by atoms with Gasteiger partial charge in [0.25, 0.3) is 0 Å². The fraction of sp³-hybridized carbons (Fsp3) is 0.500. The van der Waals surface area contributed by atoms with Gasteiger partial charge in [-0.15, -0.1) is 0 Å². The maximum absolute atomic E-state index is 12.9. The molecule has 1 nitrogen and oxygen atoms in total. The average Bonchev–Trinajstić information content (AvgIpc) is 2.51. The van der Waals surface area contributed by atoms with E-state index in [0.29, 0.717) is 12.1 Å². The molecule has 1 heterocycles. The highest BCUT2D eigenvalue weighted by molar-refractivity contribution is 5.30. The van der Waals surface area contributed by atoms with Crippen molar-refractivity contribution in [1.29, 1.82) is 0 Å². The Morgan fingerprint density at radius 3 is 2.71 bits per heavy atom. The second-order valence-electron chi connectivity index (χ2n) is 4.20. The molecule has 1 aromatic rings. The number of hydrogen-bond donors (Lipinski definition) is 1. The fourth-order valence-corrected chi connectivity index (χ4v) is 2.20. The number of benzene rings is 1. The Kier molecular flexibility index (Phi) is 2.55. The molecule has 1 N–H and O–H groups in total. The first-order chi connectivity index (χ1) is 6.66. The molecule has 0 radical (unpaired) electrons. The highest BCUT2D eigenvalue weighted by Crippen LogP contribution is 2.28. The topological polar surface area (TPSA) is 12.0 Å². The Morgan fingerprint density at radius 2 is 2.14 bits per heavy atom. The summed E-state index contributed by atoms with van der Waals surface area (Å²) in [6, 6.07) is 6.07. The Morgan fingerprint density at radius 1 is 1.36 bits per heavy atom. The van der Waals surface area contributed by atoms with Crippen molar-refractivity contribution in [2.45, 2.75) is 38.8 Å². The molecule has 0 aliphatic carbocycles. The van der Waals surface area contributed by atoms with Crippen molar-refractivity contribution in [3.05, 3.63) is 35.1 Å². The van der Waals surface area contributed by atoms with Crippen LogP contribution in [0.4, 0.5) is 4.39 Å². The van der Waals surface area contributed by atoms with Gasteiger partial charge in [-0.2, -0.15) is 0 Å². The van der Waals surface area contributed by atoms with E-state index in [9.17, 15) is 4.39 Å². The Bertz CT molecular complexity index is 335. The number of aryl methyl sites for hydroxylation is 1. The largest absolute Gasteiger partial charge is 0.307 e. The summed E-state index contributed by atoms with van der Waals surface area (Å²) in [5.74, 6) is -0.141. The van der Waals surface area contributed by atoms with E-state index in [-0.39, 0.29) is 5.82 Å². The molecule has 1 fully saturated rings. The molecule has 0 saturated carbocycles. The predicted octanol–water partition coefficient (Wildman–Crippen LogP) is 2.95. The second kappa shape index (κ2) is 3.70. The smallest absolute Gasteiger partial charge is 0.123 e. The highest BCUT2D eigenvalue weighted by Gasteiger charge is 2.22. The minimum absolute atomic E-state index is 0.141. The first-order valence-electron chi connectivity index (χ1n) is 5.19. The Labute approximate surface area is 84.3 Å². The van der Waals surface area contributed by atoms with Gasteiger partial charge in [0.2, 0.25) is 0 Å². The van der Waals surface area contributed by atoms with Crippen LogP contribution in [0.5, 0.6) is 0 Å². The van der Waals surface area contributed by atoms with Crippen LogP contribution in [0, 0.1) is 12.7 Å². The summed E-state index contributed by atoms with van der Waals surface area (Å²) >= 11 is 0. The molecule has 0 bridgehead atoms. The predicted molar refractivity (Wildman–Crippen MR) is 55.7 cm³/mol. The van der Waals surface area contributed by atoms with E-state index in [0.717, 1.165) is 12.0 Å². The van der Waals surface area contributed by atoms with Crippen LogP contribution < -0.4 is 5.32 Å². The first-order valence-corrected chi connectivity index (χ1v) is 5.19. The van der Waals surface area contributed by atoms with Gasteiger partial charge in [0, 0.05) is 12.1 Å². The summed E-state index contributed by atoms with van der Waals surface area (Å²) in [6.07, 6.45) is 2.37. The zero-order chi connectivity index (χ0) is 10.1. The molecule has 1 aliphatic rings. The first kappa shape index (κ1) is 9.66. The Balaban J connectivity index is 2.24. The summed E-state index contributed by atoms with van der Waals surface area (Å²) in [5.41, 5.74) is 2.30. The van der Waals surface area contributed by atoms with Crippen molar-refractivity contribution < 1.29 is 4.39 Å². The summed E-state index contributed by atoms with van der Waals surface area (Å²) in [6.45, 7) is 4.17. The van der Waals surface area contributed by atoms with Crippen molar-refractivity contribution in [2.75, 3.05) is 0 Å². The SMILES string of the molecule is Cc1cc(F)ccc1[C@H]1CC[C@@H](C)N1. The second-order valence-corrected chi connectivity index (χ2v) is 4.20. The van der Waals surface area contributed by atoms with Gasteiger partial charge >= 0.3 is 0 Å². The molecule has 0 amide bonds. The third kappa shape index (κ3) is 1.80. The lowest BCUT2D eigenvalue weighted by Gasteiger charge is -2.14. The van der Waals surface area contributed by atoms with E-state index < -0.39 is 0 Å². The van der Waals surface area contributed by atoms with E-state index in [1.807, 2.05) is 13.0 Å². The minimum atomic E-state index is -0.141. The molecule has 76 valence electrons. The van der Waals surface area contributed by atoms with E-state index >= 15 is 0 Å². The molecule has 1 aromatic carbocycles. The summed E-state index contributed by atoms with van der Waals surface area (Å²) in [7, 11) is 0. The highest BCUT2D eigenvalue weighted by atomic mass is 19.1. The zero-order valence-electron chi connectivity index (χ0n) is 8.68. The lowest BCUT2D eigenvalue weighted by Crippen LogP contribution is -2.21. The molecule has 1 saturated heterocycles. The number of nitrogens with one attached hydrogen (secondary N) is 1. The van der Waals surface area contributed by atoms with Crippen LogP contribution in [-0.2, 0) is 0 Å². The standard InChI is InChI=1S/C12H16FN/c1-8-7-10(13)4-5-11(8)12-6-3-9(2)14-12/h4-5,7,9,12,14H,3,6H2,1-2H3/t9-,12-/m1/s1. The quantitative estimate of drug-likeness (QED) is 0.723. The van der Waals surface area contributed by atoms with Gasteiger partial charge in [-0.25, -0.2) is 4.39 Å². The van der Waals surface area contributed by atoms with E-state index in [4.69, 9.17) is 0 Å². The normalized spacial score (nSPS) is 26.8. The number of rotatable bonds is 1. The molecule has 0 spiro atoms. The summed E-state index contributed by atoms with van der Waals surface area (Å²) in [5, 5.41) is 3.51. The van der Waals surface area contributed by atoms with Crippen LogP contribution in [0.15, 0.2) is 18.2 Å². The van der Waals surface area contributed by atoms with E-state index in [1.165, 1.54) is 12.0 Å². The Hall–Kier alpha value is -0.890. The van der Waals surface area contributed by atoms with Gasteiger partial charge in [-0.05, 0) is 49.9 Å². The molecule has 14 heavy (non-hydrogen) atoms. The van der Waals surface area contributed by atoms with Crippen LogP contribution in [0.2, 0.25) is 0 Å². The van der Waals surface area contributed by atoms with Gasteiger partial charge in [-0.1, -0.05) is 6.07 Å². The average molecular weight is 193 g/mol. The maximum Gasteiger partial charge on any atom is 0.123 e. The molecule has 0 unspecified atom stereocenters. The lowest BCUT2D eigenvalue weighted by atomic mass is 10.00. The molecule has 2 atom stereocenters. The number of hydrogen-bond acceptors (Lipinski definition) is 1. The van der Waals surface area contributed by atoms with E-state index in [2.05, 4.69) is 12.2 Å². The summed E-state index contributed by atoms with van der Waals surface area (Å²) in [4.78, 5) is 0. The van der Waals surface area contributed by atoms with Gasteiger partial charge in [-0.3, -0.25) is 0 Å². The van der Waals surface area contributed by atoms with Crippen LogP contribution in [0.3, 0.4) is 0 Å². The van der Waals surface area contributed by atoms with Gasteiger partial charge in [0.1, 0.15) is 5.82 Å².